The van der Waals surface area contributed by atoms with E-state index < -0.39 is 5.91 Å². The summed E-state index contributed by atoms with van der Waals surface area (Å²) in [6, 6.07) is 27.5. The van der Waals surface area contributed by atoms with Gasteiger partial charge in [0.2, 0.25) is 0 Å². The zero-order valence-corrected chi connectivity index (χ0v) is 23.4. The molecule has 41 heavy (non-hydrogen) atoms. The van der Waals surface area contributed by atoms with Gasteiger partial charge in [-0.05, 0) is 84.3 Å². The van der Waals surface area contributed by atoms with Gasteiger partial charge in [0, 0.05) is 10.8 Å². The van der Waals surface area contributed by atoms with E-state index in [9.17, 15) is 19.8 Å². The largest absolute Gasteiger partial charge is 0.507 e. The lowest BCUT2D eigenvalue weighted by molar-refractivity contribution is 0.0926. The van der Waals surface area contributed by atoms with Crippen molar-refractivity contribution in [3.63, 3.8) is 0 Å². The third kappa shape index (κ3) is 5.03. The Morgan fingerprint density at radius 3 is 1.83 bits per heavy atom. The number of fused-ring (bicyclic) bond motifs is 2. The number of halogens is 2. The number of phenols is 2. The molecule has 204 valence electrons. The zero-order valence-electron chi connectivity index (χ0n) is 21.9. The molecular weight excluding hydrogens is 557 g/mol. The van der Waals surface area contributed by atoms with E-state index in [1.54, 1.807) is 54.6 Å². The molecule has 5 aromatic carbocycles. The van der Waals surface area contributed by atoms with Crippen LogP contribution in [-0.4, -0.2) is 22.0 Å². The number of carbonyl (C=O) groups is 2. The van der Waals surface area contributed by atoms with Crippen molar-refractivity contribution in [3.05, 3.63) is 134 Å². The van der Waals surface area contributed by atoms with Crippen molar-refractivity contribution in [1.29, 1.82) is 0 Å². The number of imide groups is 1. The quantitative estimate of drug-likeness (QED) is 0.151. The van der Waals surface area contributed by atoms with E-state index in [2.05, 4.69) is 24.3 Å². The lowest BCUT2D eigenvalue weighted by atomic mass is 9.97. The Morgan fingerprint density at radius 1 is 0.634 bits per heavy atom. The molecule has 2 N–H and O–H groups in total. The number of aromatic hydroxyl groups is 2. The lowest BCUT2D eigenvalue weighted by Gasteiger charge is -2.14. The van der Waals surface area contributed by atoms with Crippen LogP contribution in [0, 0.1) is 0 Å². The highest BCUT2D eigenvalue weighted by molar-refractivity contribution is 6.42. The summed E-state index contributed by atoms with van der Waals surface area (Å²) in [5.41, 5.74) is 5.16. The summed E-state index contributed by atoms with van der Waals surface area (Å²) in [4.78, 5) is 26.9. The summed E-state index contributed by atoms with van der Waals surface area (Å²) >= 11 is 12.5. The molecule has 0 aliphatic carbocycles. The Bertz CT molecular complexity index is 1810. The second-order valence-corrected chi connectivity index (χ2v) is 11.0. The molecule has 5 aromatic rings. The maximum atomic E-state index is 12.9. The molecule has 0 bridgehead atoms. The van der Waals surface area contributed by atoms with E-state index in [4.69, 9.17) is 23.2 Å². The minimum atomic E-state index is -0.403. The molecule has 7 heteroatoms. The molecule has 1 heterocycles. The van der Waals surface area contributed by atoms with Crippen LogP contribution in [-0.2, 0) is 25.7 Å². The van der Waals surface area contributed by atoms with Crippen LogP contribution >= 0.6 is 23.2 Å². The minimum Gasteiger partial charge on any atom is -0.507 e. The highest BCUT2D eigenvalue weighted by Gasteiger charge is 2.38. The molecule has 0 saturated carbocycles. The molecule has 0 spiro atoms. The topological polar surface area (TPSA) is 77.8 Å². The van der Waals surface area contributed by atoms with Crippen LogP contribution < -0.4 is 4.90 Å². The van der Waals surface area contributed by atoms with Gasteiger partial charge in [-0.1, -0.05) is 77.8 Å². The second-order valence-electron chi connectivity index (χ2n) is 10.2. The average molecular weight is 582 g/mol. The minimum absolute atomic E-state index is 0.104. The third-order valence-corrected chi connectivity index (χ3v) is 8.24. The van der Waals surface area contributed by atoms with Gasteiger partial charge in [0.25, 0.3) is 11.8 Å². The standard InChI is InChI=1S/C34H25Cl2NO4/c35-27-5-1-3-25-29(38)19-23(32(39)30(25)27)16-13-21-10-7-20(8-11-21)9-12-22-14-17-24(18-15-22)37-33(40)26-4-2-6-28(36)31(26)34(37)41/h1-8,10-11,14-15,17-19,38-39H,9,12-13,16H2. The van der Waals surface area contributed by atoms with E-state index in [0.717, 1.165) is 24.0 Å². The Labute approximate surface area is 247 Å². The lowest BCUT2D eigenvalue weighted by Crippen LogP contribution is -2.29. The van der Waals surface area contributed by atoms with Crippen LogP contribution in [0.1, 0.15) is 43.0 Å². The molecule has 0 radical (unpaired) electrons. The van der Waals surface area contributed by atoms with Crippen molar-refractivity contribution >= 4 is 51.5 Å². The van der Waals surface area contributed by atoms with E-state index in [0.29, 0.717) is 45.5 Å². The average Bonchev–Trinajstić information content (AvgIpc) is 3.24. The van der Waals surface area contributed by atoms with Crippen LogP contribution in [0.2, 0.25) is 10.0 Å². The van der Waals surface area contributed by atoms with Crippen LogP contribution in [0.25, 0.3) is 10.8 Å². The van der Waals surface area contributed by atoms with Gasteiger partial charge in [-0.3, -0.25) is 9.59 Å². The zero-order chi connectivity index (χ0) is 28.7. The number of benzene rings is 5. The Balaban J connectivity index is 1.07. The normalized spacial score (nSPS) is 12.8. The molecule has 0 saturated heterocycles. The van der Waals surface area contributed by atoms with Gasteiger partial charge >= 0.3 is 0 Å². The molecule has 6 rings (SSSR count). The van der Waals surface area contributed by atoms with Gasteiger partial charge in [0.15, 0.2) is 0 Å². The third-order valence-electron chi connectivity index (χ3n) is 7.61. The summed E-state index contributed by atoms with van der Waals surface area (Å²) in [6.45, 7) is 0. The number of nitrogens with zero attached hydrogens (tertiary/aromatic N) is 1. The summed E-state index contributed by atoms with van der Waals surface area (Å²) in [6.07, 6.45) is 2.90. The van der Waals surface area contributed by atoms with Crippen LogP contribution in [0.3, 0.4) is 0 Å². The highest BCUT2D eigenvalue weighted by Crippen LogP contribution is 2.40. The number of phenolic OH excluding ortho intramolecular Hbond substituents is 2. The molecule has 0 fully saturated rings. The van der Waals surface area contributed by atoms with Gasteiger partial charge in [-0.2, -0.15) is 0 Å². The summed E-state index contributed by atoms with van der Waals surface area (Å²) < 4.78 is 0. The molecule has 1 aliphatic heterocycles. The maximum Gasteiger partial charge on any atom is 0.267 e. The smallest absolute Gasteiger partial charge is 0.267 e. The molecule has 2 amide bonds. The SMILES string of the molecule is O=C1c2cccc(Cl)c2C(=O)N1c1ccc(CCc2ccc(CCc3cc(O)c4cccc(Cl)c4c3O)cc2)cc1. The summed E-state index contributed by atoms with van der Waals surface area (Å²) in [7, 11) is 0. The first-order valence-electron chi connectivity index (χ1n) is 13.3. The Hall–Kier alpha value is -4.32. The fraction of sp³-hybridized carbons (Fsp3) is 0.118. The van der Waals surface area contributed by atoms with Crippen molar-refractivity contribution in [1.82, 2.24) is 0 Å². The van der Waals surface area contributed by atoms with Crippen molar-refractivity contribution in [3.8, 4) is 11.5 Å². The van der Waals surface area contributed by atoms with E-state index in [1.165, 1.54) is 10.5 Å². The number of hydrogen-bond donors (Lipinski definition) is 2. The molecule has 0 atom stereocenters. The monoisotopic (exact) mass is 581 g/mol. The van der Waals surface area contributed by atoms with Gasteiger partial charge in [0.1, 0.15) is 11.5 Å². The fourth-order valence-corrected chi connectivity index (χ4v) is 5.89. The highest BCUT2D eigenvalue weighted by atomic mass is 35.5. The van der Waals surface area contributed by atoms with E-state index in [1.807, 2.05) is 12.1 Å². The molecular formula is C34H25Cl2NO4. The second kappa shape index (κ2) is 10.9. The van der Waals surface area contributed by atoms with Crippen LogP contribution in [0.4, 0.5) is 5.69 Å². The van der Waals surface area contributed by atoms with Crippen molar-refractivity contribution < 1.29 is 19.8 Å². The number of amides is 2. The van der Waals surface area contributed by atoms with Gasteiger partial charge in [-0.25, -0.2) is 4.90 Å². The fourth-order valence-electron chi connectivity index (χ4n) is 5.37. The molecule has 1 aliphatic rings. The number of aryl methyl sites for hydroxylation is 4. The molecule has 5 nitrogen and oxygen atoms in total. The van der Waals surface area contributed by atoms with Crippen molar-refractivity contribution in [2.24, 2.45) is 0 Å². The van der Waals surface area contributed by atoms with E-state index in [-0.39, 0.29) is 28.0 Å². The predicted octanol–water partition coefficient (Wildman–Crippen LogP) is 7.93. The first kappa shape index (κ1) is 26.9. The van der Waals surface area contributed by atoms with Gasteiger partial charge in [-0.15, -0.1) is 0 Å². The van der Waals surface area contributed by atoms with Crippen molar-refractivity contribution in [2.75, 3.05) is 4.90 Å². The van der Waals surface area contributed by atoms with Gasteiger partial charge < -0.3 is 10.2 Å². The number of carbonyl (C=O) groups excluding carboxylic acids is 2. The summed E-state index contributed by atoms with van der Waals surface area (Å²) in [5.74, 6) is -0.554. The first-order valence-corrected chi connectivity index (χ1v) is 14.0. The van der Waals surface area contributed by atoms with Gasteiger partial charge in [0.05, 0.1) is 26.9 Å². The predicted molar refractivity (Wildman–Crippen MR) is 163 cm³/mol. The molecule has 0 unspecified atom stereocenters. The van der Waals surface area contributed by atoms with E-state index >= 15 is 0 Å². The number of anilines is 1. The molecule has 0 aromatic heterocycles. The maximum absolute atomic E-state index is 12.9. The van der Waals surface area contributed by atoms with Crippen molar-refractivity contribution in [2.45, 2.75) is 25.7 Å². The Morgan fingerprint density at radius 2 is 1.20 bits per heavy atom. The summed E-state index contributed by atoms with van der Waals surface area (Å²) in [5, 5.41) is 22.9. The van der Waals surface area contributed by atoms with Crippen LogP contribution in [0.5, 0.6) is 11.5 Å². The number of rotatable bonds is 7. The number of hydrogen-bond acceptors (Lipinski definition) is 4. The van der Waals surface area contributed by atoms with Crippen LogP contribution in [0.15, 0.2) is 91.0 Å². The first-order chi connectivity index (χ1) is 19.8. The Kier molecular flexibility index (Phi) is 7.16.